The molecule has 1 N–H and O–H groups in total. The summed E-state index contributed by atoms with van der Waals surface area (Å²) in [5.74, 6) is -0.718. The van der Waals surface area contributed by atoms with Crippen LogP contribution in [-0.2, 0) is 28.1 Å². The summed E-state index contributed by atoms with van der Waals surface area (Å²) in [7, 11) is 1.25. The van der Waals surface area contributed by atoms with Gasteiger partial charge in [-0.15, -0.1) is 0 Å². The van der Waals surface area contributed by atoms with E-state index in [1.807, 2.05) is 0 Å². The Morgan fingerprint density at radius 1 is 1.27 bits per heavy atom. The molecule has 0 saturated heterocycles. The minimum Gasteiger partial charge on any atom is -0.468 e. The zero-order valence-electron chi connectivity index (χ0n) is 13.7. The quantitative estimate of drug-likeness (QED) is 0.379. The number of hydrogen-bond acceptors (Lipinski definition) is 8. The minimum absolute atomic E-state index is 0.155. The first-order chi connectivity index (χ1) is 10.2. The fourth-order valence-electron chi connectivity index (χ4n) is 1.40. The molecule has 8 nitrogen and oxygen atoms in total. The van der Waals surface area contributed by atoms with E-state index in [9.17, 15) is 14.2 Å². The van der Waals surface area contributed by atoms with Gasteiger partial charge in [0.15, 0.2) is 0 Å². The van der Waals surface area contributed by atoms with Crippen molar-refractivity contribution in [2.24, 2.45) is 5.92 Å². The minimum atomic E-state index is -3.48. The molecule has 0 radical (unpaired) electrons. The van der Waals surface area contributed by atoms with Crippen molar-refractivity contribution in [2.45, 2.75) is 40.0 Å². The third kappa shape index (κ3) is 7.49. The highest BCUT2D eigenvalue weighted by Crippen LogP contribution is 2.56. The smallest absolute Gasteiger partial charge is 0.468 e. The van der Waals surface area contributed by atoms with Crippen LogP contribution >= 0.6 is 18.1 Å². The number of hydrogen-bond donors (Lipinski definition) is 1. The van der Waals surface area contributed by atoms with Gasteiger partial charge in [0.2, 0.25) is 6.29 Å². The Bertz CT molecular complexity index is 418. The standard InChI is InChI=1S/C12H24NO7PS/c1-7-18-12(15)19-9(4)20-21(16,22-6)13-10(8(2)3)11(14)17-5/h8-10H,7H2,1-6H3,(H,13,16)/t9?,10-,21?/m0/s1. The molecule has 0 aromatic heterocycles. The average molecular weight is 357 g/mol. The topological polar surface area (TPSA) is 100 Å². The van der Waals surface area contributed by atoms with Crippen molar-refractivity contribution in [3.05, 3.63) is 0 Å². The van der Waals surface area contributed by atoms with Crippen LogP contribution in [0.4, 0.5) is 4.79 Å². The Balaban J connectivity index is 4.84. The summed E-state index contributed by atoms with van der Waals surface area (Å²) in [6.07, 6.45) is -0.467. The van der Waals surface area contributed by atoms with Crippen LogP contribution in [0.2, 0.25) is 0 Å². The lowest BCUT2D eigenvalue weighted by Crippen LogP contribution is -2.40. The molecular formula is C12H24NO7PS. The molecule has 130 valence electrons. The number of ether oxygens (including phenoxy) is 3. The summed E-state index contributed by atoms with van der Waals surface area (Å²) >= 11 is 0.897. The summed E-state index contributed by atoms with van der Waals surface area (Å²) in [6.45, 7) is 3.27. The first-order valence-corrected chi connectivity index (χ1v) is 10.2. The van der Waals surface area contributed by atoms with E-state index in [1.165, 1.54) is 14.0 Å². The summed E-state index contributed by atoms with van der Waals surface area (Å²) in [6, 6.07) is -0.807. The fourth-order valence-corrected chi connectivity index (χ4v) is 4.11. The Morgan fingerprint density at radius 3 is 2.27 bits per heavy atom. The number of nitrogens with one attached hydrogen (secondary N) is 1. The van der Waals surface area contributed by atoms with Gasteiger partial charge in [0.05, 0.1) is 13.7 Å². The summed E-state index contributed by atoms with van der Waals surface area (Å²) in [5.41, 5.74) is 0. The van der Waals surface area contributed by atoms with Gasteiger partial charge in [-0.3, -0.25) is 13.9 Å². The van der Waals surface area contributed by atoms with Gasteiger partial charge in [-0.25, -0.2) is 9.88 Å². The predicted molar refractivity (Wildman–Crippen MR) is 83.6 cm³/mol. The van der Waals surface area contributed by atoms with Crippen molar-refractivity contribution in [1.29, 1.82) is 0 Å². The maximum Gasteiger partial charge on any atom is 0.510 e. The lowest BCUT2D eigenvalue weighted by Gasteiger charge is -2.26. The van der Waals surface area contributed by atoms with Gasteiger partial charge in [0.25, 0.3) is 0 Å². The molecule has 0 aliphatic rings. The van der Waals surface area contributed by atoms with Crippen LogP contribution in [0.5, 0.6) is 0 Å². The second kappa shape index (κ2) is 10.1. The molecule has 0 fully saturated rings. The molecule has 22 heavy (non-hydrogen) atoms. The predicted octanol–water partition coefficient (Wildman–Crippen LogP) is 2.78. The van der Waals surface area contributed by atoms with Crippen LogP contribution in [0.25, 0.3) is 0 Å². The van der Waals surface area contributed by atoms with E-state index in [-0.39, 0.29) is 12.5 Å². The van der Waals surface area contributed by atoms with Gasteiger partial charge < -0.3 is 14.2 Å². The molecule has 0 spiro atoms. The largest absolute Gasteiger partial charge is 0.510 e. The van der Waals surface area contributed by atoms with Crippen LogP contribution < -0.4 is 5.09 Å². The third-order valence-corrected chi connectivity index (χ3v) is 6.14. The van der Waals surface area contributed by atoms with Crippen LogP contribution in [0.15, 0.2) is 0 Å². The second-order valence-corrected chi connectivity index (χ2v) is 8.89. The van der Waals surface area contributed by atoms with Crippen molar-refractivity contribution in [3.8, 4) is 0 Å². The van der Waals surface area contributed by atoms with Crippen molar-refractivity contribution >= 4 is 30.2 Å². The number of rotatable bonds is 9. The van der Waals surface area contributed by atoms with Crippen LogP contribution in [0, 0.1) is 5.92 Å². The van der Waals surface area contributed by atoms with E-state index in [0.717, 1.165) is 11.4 Å². The fraction of sp³-hybridized carbons (Fsp3) is 0.833. The monoisotopic (exact) mass is 357 g/mol. The molecule has 2 unspecified atom stereocenters. The van der Waals surface area contributed by atoms with Crippen molar-refractivity contribution < 1.29 is 32.9 Å². The lowest BCUT2D eigenvalue weighted by molar-refractivity contribution is -0.143. The number of methoxy groups -OCH3 is 1. The molecule has 3 atom stereocenters. The first kappa shape index (κ1) is 21.2. The molecule has 0 amide bonds. The number of carbonyl (C=O) groups excluding carboxylic acids is 2. The Kier molecular flexibility index (Phi) is 9.75. The van der Waals surface area contributed by atoms with Gasteiger partial charge in [0, 0.05) is 0 Å². The molecule has 0 aliphatic carbocycles. The Labute approximate surface area is 134 Å². The zero-order chi connectivity index (χ0) is 17.3. The van der Waals surface area contributed by atoms with Gasteiger partial charge >= 0.3 is 18.8 Å². The molecule has 0 aromatic carbocycles. The van der Waals surface area contributed by atoms with Gasteiger partial charge in [-0.05, 0) is 26.0 Å². The van der Waals surface area contributed by atoms with Crippen molar-refractivity contribution in [3.63, 3.8) is 0 Å². The molecular weight excluding hydrogens is 333 g/mol. The summed E-state index contributed by atoms with van der Waals surface area (Å²) < 4.78 is 32.0. The van der Waals surface area contributed by atoms with Crippen molar-refractivity contribution in [1.82, 2.24) is 5.09 Å². The Morgan fingerprint density at radius 2 is 1.86 bits per heavy atom. The Hall–Kier alpha value is -0.760. The number of esters is 1. The van der Waals surface area contributed by atoms with Crippen molar-refractivity contribution in [2.75, 3.05) is 20.0 Å². The molecule has 0 aliphatic heterocycles. The lowest BCUT2D eigenvalue weighted by atomic mass is 10.1. The highest BCUT2D eigenvalue weighted by molar-refractivity contribution is 8.55. The van der Waals surface area contributed by atoms with Crippen LogP contribution in [0.1, 0.15) is 27.7 Å². The SMILES string of the molecule is CCOC(=O)OC(C)OP(=O)(N[C@H](C(=O)OC)C(C)C)SC. The van der Waals surface area contributed by atoms with Crippen LogP contribution in [0.3, 0.4) is 0 Å². The van der Waals surface area contributed by atoms with Gasteiger partial charge in [-0.1, -0.05) is 25.2 Å². The van der Waals surface area contributed by atoms with Crippen LogP contribution in [-0.4, -0.2) is 44.4 Å². The molecule has 0 aromatic rings. The molecule has 0 bridgehead atoms. The average Bonchev–Trinajstić information content (AvgIpc) is 2.43. The third-order valence-electron chi connectivity index (χ3n) is 2.47. The van der Waals surface area contributed by atoms with E-state index in [2.05, 4.69) is 14.6 Å². The molecule has 10 heteroatoms. The zero-order valence-corrected chi connectivity index (χ0v) is 15.4. The normalized spacial score (nSPS) is 16.5. The molecule has 0 rings (SSSR count). The van der Waals surface area contributed by atoms with Gasteiger partial charge in [0.1, 0.15) is 6.04 Å². The summed E-state index contributed by atoms with van der Waals surface area (Å²) in [4.78, 5) is 22.9. The maximum atomic E-state index is 12.7. The number of carbonyl (C=O) groups is 2. The molecule has 0 heterocycles. The van der Waals surface area contributed by atoms with E-state index in [0.29, 0.717) is 0 Å². The second-order valence-electron chi connectivity index (χ2n) is 4.53. The van der Waals surface area contributed by atoms with E-state index in [1.54, 1.807) is 27.0 Å². The summed E-state index contributed by atoms with van der Waals surface area (Å²) in [5, 5.41) is 2.66. The van der Waals surface area contributed by atoms with E-state index >= 15 is 0 Å². The highest BCUT2D eigenvalue weighted by atomic mass is 32.7. The van der Waals surface area contributed by atoms with E-state index in [4.69, 9.17) is 9.26 Å². The molecule has 0 saturated carbocycles. The maximum absolute atomic E-state index is 12.7. The van der Waals surface area contributed by atoms with E-state index < -0.39 is 31.2 Å². The first-order valence-electron chi connectivity index (χ1n) is 6.72. The van der Waals surface area contributed by atoms with Gasteiger partial charge in [-0.2, -0.15) is 0 Å². The highest BCUT2D eigenvalue weighted by Gasteiger charge is 2.35.